The van der Waals surface area contributed by atoms with E-state index in [2.05, 4.69) is 31.0 Å². The van der Waals surface area contributed by atoms with E-state index in [4.69, 9.17) is 0 Å². The summed E-state index contributed by atoms with van der Waals surface area (Å²) in [6.45, 7) is 14.3. The SMILES string of the molecule is CCNCC(CC)(CC)CN1CCCC(C)(O)CC1. The van der Waals surface area contributed by atoms with E-state index >= 15 is 0 Å². The second-order valence-electron chi connectivity index (χ2n) is 6.61. The van der Waals surface area contributed by atoms with E-state index in [9.17, 15) is 5.11 Å². The molecule has 0 radical (unpaired) electrons. The van der Waals surface area contributed by atoms with Crippen LogP contribution in [0.2, 0.25) is 0 Å². The smallest absolute Gasteiger partial charge is 0.0632 e. The minimum atomic E-state index is -0.447. The molecule has 1 fully saturated rings. The fourth-order valence-corrected chi connectivity index (χ4v) is 3.12. The fourth-order valence-electron chi connectivity index (χ4n) is 3.12. The molecule has 2 N–H and O–H groups in total. The van der Waals surface area contributed by atoms with Crippen LogP contribution in [0.5, 0.6) is 0 Å². The van der Waals surface area contributed by atoms with E-state index < -0.39 is 5.60 Å². The maximum atomic E-state index is 10.2. The summed E-state index contributed by atoms with van der Waals surface area (Å²) in [6.07, 6.45) is 5.43. The second-order valence-corrected chi connectivity index (χ2v) is 6.61. The Hall–Kier alpha value is -0.120. The van der Waals surface area contributed by atoms with E-state index in [1.807, 2.05) is 6.92 Å². The lowest BCUT2D eigenvalue weighted by molar-refractivity contribution is 0.0423. The Bertz CT molecular complexity index is 249. The Morgan fingerprint density at radius 3 is 2.42 bits per heavy atom. The van der Waals surface area contributed by atoms with Gasteiger partial charge in [0, 0.05) is 19.6 Å². The molecular formula is C16H34N2O. The van der Waals surface area contributed by atoms with Crippen molar-refractivity contribution in [3.05, 3.63) is 0 Å². The summed E-state index contributed by atoms with van der Waals surface area (Å²) in [5.74, 6) is 0. The van der Waals surface area contributed by atoms with Crippen LogP contribution in [0.25, 0.3) is 0 Å². The van der Waals surface area contributed by atoms with Gasteiger partial charge in [0.2, 0.25) is 0 Å². The zero-order chi connectivity index (χ0) is 14.4. The number of aliphatic hydroxyl groups is 1. The van der Waals surface area contributed by atoms with Crippen LogP contribution in [0.3, 0.4) is 0 Å². The van der Waals surface area contributed by atoms with Gasteiger partial charge in [-0.2, -0.15) is 0 Å². The minimum Gasteiger partial charge on any atom is -0.390 e. The molecule has 1 unspecified atom stereocenters. The molecule has 0 amide bonds. The molecule has 0 saturated carbocycles. The number of hydrogen-bond acceptors (Lipinski definition) is 3. The lowest BCUT2D eigenvalue weighted by Gasteiger charge is -2.37. The van der Waals surface area contributed by atoms with Crippen molar-refractivity contribution in [1.82, 2.24) is 10.2 Å². The molecule has 114 valence electrons. The maximum absolute atomic E-state index is 10.2. The molecule has 0 bridgehead atoms. The van der Waals surface area contributed by atoms with Gasteiger partial charge < -0.3 is 15.3 Å². The number of nitrogens with zero attached hydrogens (tertiary/aromatic N) is 1. The summed E-state index contributed by atoms with van der Waals surface area (Å²) in [4.78, 5) is 2.58. The van der Waals surface area contributed by atoms with Crippen LogP contribution in [0.4, 0.5) is 0 Å². The van der Waals surface area contributed by atoms with Gasteiger partial charge >= 0.3 is 0 Å². The highest BCUT2D eigenvalue weighted by Gasteiger charge is 2.31. The molecule has 0 aromatic rings. The molecule has 1 aliphatic heterocycles. The average molecular weight is 270 g/mol. The third kappa shape index (κ3) is 5.41. The number of rotatable bonds is 7. The average Bonchev–Trinajstić information content (AvgIpc) is 2.56. The summed E-state index contributed by atoms with van der Waals surface area (Å²) >= 11 is 0. The van der Waals surface area contributed by atoms with Gasteiger partial charge in [-0.15, -0.1) is 0 Å². The monoisotopic (exact) mass is 270 g/mol. The Labute approximate surface area is 119 Å². The highest BCUT2D eigenvalue weighted by molar-refractivity contribution is 4.86. The van der Waals surface area contributed by atoms with Gasteiger partial charge in [0.15, 0.2) is 0 Å². The summed E-state index contributed by atoms with van der Waals surface area (Å²) in [6, 6.07) is 0. The van der Waals surface area contributed by atoms with Crippen LogP contribution in [-0.2, 0) is 0 Å². The van der Waals surface area contributed by atoms with Gasteiger partial charge in [-0.1, -0.05) is 20.8 Å². The first-order chi connectivity index (χ1) is 8.97. The zero-order valence-electron chi connectivity index (χ0n) is 13.5. The van der Waals surface area contributed by atoms with Crippen LogP contribution >= 0.6 is 0 Å². The van der Waals surface area contributed by atoms with Crippen LogP contribution in [0.1, 0.15) is 59.8 Å². The van der Waals surface area contributed by atoms with Gasteiger partial charge in [0.05, 0.1) is 5.60 Å². The second kappa shape index (κ2) is 7.61. The van der Waals surface area contributed by atoms with Crippen molar-refractivity contribution in [2.75, 3.05) is 32.7 Å². The predicted molar refractivity (Wildman–Crippen MR) is 82.5 cm³/mol. The fraction of sp³-hybridized carbons (Fsp3) is 1.00. The highest BCUT2D eigenvalue weighted by Crippen LogP contribution is 2.29. The van der Waals surface area contributed by atoms with Crippen LogP contribution in [0.15, 0.2) is 0 Å². The molecule has 1 saturated heterocycles. The lowest BCUT2D eigenvalue weighted by Crippen LogP contribution is -2.44. The highest BCUT2D eigenvalue weighted by atomic mass is 16.3. The number of hydrogen-bond donors (Lipinski definition) is 2. The molecular weight excluding hydrogens is 236 g/mol. The first-order valence-corrected chi connectivity index (χ1v) is 8.12. The minimum absolute atomic E-state index is 0.395. The molecule has 0 aromatic heterocycles. The topological polar surface area (TPSA) is 35.5 Å². The van der Waals surface area contributed by atoms with Gasteiger partial charge in [0.25, 0.3) is 0 Å². The predicted octanol–water partition coefficient (Wildman–Crippen LogP) is 2.64. The van der Waals surface area contributed by atoms with Crippen molar-refractivity contribution in [3.8, 4) is 0 Å². The van der Waals surface area contributed by atoms with E-state index in [0.29, 0.717) is 5.41 Å². The molecule has 0 spiro atoms. The normalized spacial score (nSPS) is 26.4. The third-order valence-electron chi connectivity index (χ3n) is 4.97. The molecule has 1 heterocycles. The van der Waals surface area contributed by atoms with E-state index in [1.165, 1.54) is 19.4 Å². The van der Waals surface area contributed by atoms with Gasteiger partial charge in [-0.25, -0.2) is 0 Å². The van der Waals surface area contributed by atoms with Crippen molar-refractivity contribution in [2.45, 2.75) is 65.4 Å². The quantitative estimate of drug-likeness (QED) is 0.746. The third-order valence-corrected chi connectivity index (χ3v) is 4.97. The standard InChI is InChI=1S/C16H34N2O/c1-5-16(6-2,13-17-7-3)14-18-11-8-9-15(4,19)10-12-18/h17,19H,5-14H2,1-4H3. The molecule has 3 nitrogen and oxygen atoms in total. The summed E-state index contributed by atoms with van der Waals surface area (Å²) in [7, 11) is 0. The molecule has 0 aliphatic carbocycles. The van der Waals surface area contributed by atoms with Crippen LogP contribution in [-0.4, -0.2) is 48.3 Å². The van der Waals surface area contributed by atoms with Crippen molar-refractivity contribution in [2.24, 2.45) is 5.41 Å². The first kappa shape index (κ1) is 16.9. The summed E-state index contributed by atoms with van der Waals surface area (Å²) in [5, 5.41) is 13.7. The first-order valence-electron chi connectivity index (χ1n) is 8.12. The van der Waals surface area contributed by atoms with Crippen LogP contribution in [0, 0.1) is 5.41 Å². The summed E-state index contributed by atoms with van der Waals surface area (Å²) in [5.41, 5.74) is -0.0519. The maximum Gasteiger partial charge on any atom is 0.0632 e. The van der Waals surface area contributed by atoms with Crippen LogP contribution < -0.4 is 5.32 Å². The zero-order valence-corrected chi connectivity index (χ0v) is 13.5. The van der Waals surface area contributed by atoms with Gasteiger partial charge in [-0.05, 0) is 57.5 Å². The molecule has 19 heavy (non-hydrogen) atoms. The van der Waals surface area contributed by atoms with Crippen molar-refractivity contribution < 1.29 is 5.11 Å². The summed E-state index contributed by atoms with van der Waals surface area (Å²) < 4.78 is 0. The van der Waals surface area contributed by atoms with E-state index in [-0.39, 0.29) is 0 Å². The number of likely N-dealkylation sites (tertiary alicyclic amines) is 1. The largest absolute Gasteiger partial charge is 0.390 e. The molecule has 0 aromatic carbocycles. The van der Waals surface area contributed by atoms with Crippen molar-refractivity contribution in [1.29, 1.82) is 0 Å². The Morgan fingerprint density at radius 2 is 1.84 bits per heavy atom. The Kier molecular flexibility index (Phi) is 6.78. The van der Waals surface area contributed by atoms with Gasteiger partial charge in [-0.3, -0.25) is 0 Å². The van der Waals surface area contributed by atoms with Crippen molar-refractivity contribution >= 4 is 0 Å². The number of nitrogens with one attached hydrogen (secondary N) is 1. The molecule has 1 rings (SSSR count). The van der Waals surface area contributed by atoms with E-state index in [0.717, 1.165) is 45.4 Å². The molecule has 1 aliphatic rings. The molecule has 3 heteroatoms. The Balaban J connectivity index is 2.58. The molecule has 1 atom stereocenters. The van der Waals surface area contributed by atoms with Gasteiger partial charge in [0.1, 0.15) is 0 Å². The van der Waals surface area contributed by atoms with Crippen molar-refractivity contribution in [3.63, 3.8) is 0 Å². The lowest BCUT2D eigenvalue weighted by atomic mass is 9.81. The Morgan fingerprint density at radius 1 is 1.16 bits per heavy atom. The van der Waals surface area contributed by atoms with E-state index in [1.54, 1.807) is 0 Å².